The van der Waals surface area contributed by atoms with Crippen LogP contribution in [0.5, 0.6) is 0 Å². The zero-order valence-corrected chi connectivity index (χ0v) is 11.7. The first-order chi connectivity index (χ1) is 9.49. The molecule has 1 fully saturated rings. The molecule has 0 aromatic heterocycles. The number of benzene rings is 1. The number of carbonyl (C=O) groups excluding carboxylic acids is 1. The summed E-state index contributed by atoms with van der Waals surface area (Å²) >= 11 is 0. The van der Waals surface area contributed by atoms with Crippen LogP contribution < -0.4 is 10.6 Å². The lowest BCUT2D eigenvalue weighted by Gasteiger charge is -2.22. The average molecular weight is 300 g/mol. The topological polar surface area (TPSA) is 75.3 Å². The number of piperidine rings is 1. The van der Waals surface area contributed by atoms with Crippen molar-refractivity contribution < 1.29 is 17.6 Å². The van der Waals surface area contributed by atoms with Gasteiger partial charge < -0.3 is 10.6 Å². The number of hydrogen-bond acceptors (Lipinski definition) is 4. The fraction of sp³-hybridized carbons (Fsp3) is 0.462. The molecule has 1 aromatic carbocycles. The van der Waals surface area contributed by atoms with Gasteiger partial charge >= 0.3 is 0 Å². The van der Waals surface area contributed by atoms with Crippen molar-refractivity contribution in [2.24, 2.45) is 0 Å². The molecule has 0 saturated carbocycles. The summed E-state index contributed by atoms with van der Waals surface area (Å²) in [5, 5.41) is 5.67. The molecule has 1 heterocycles. The maximum absolute atomic E-state index is 12.8. The molecule has 0 radical (unpaired) electrons. The highest BCUT2D eigenvalue weighted by Gasteiger charge is 2.22. The molecule has 2 N–H and O–H groups in total. The van der Waals surface area contributed by atoms with E-state index < -0.39 is 15.7 Å². The molecule has 7 heteroatoms. The van der Waals surface area contributed by atoms with Crippen LogP contribution in [-0.4, -0.2) is 39.2 Å². The summed E-state index contributed by atoms with van der Waals surface area (Å²) < 4.78 is 36.8. The summed E-state index contributed by atoms with van der Waals surface area (Å²) in [5.74, 6) is -0.682. The van der Waals surface area contributed by atoms with Crippen molar-refractivity contribution in [1.29, 1.82) is 0 Å². The van der Waals surface area contributed by atoms with Gasteiger partial charge in [0.2, 0.25) is 5.91 Å². The number of sulfone groups is 1. The van der Waals surface area contributed by atoms with Crippen molar-refractivity contribution in [3.63, 3.8) is 0 Å². The zero-order chi connectivity index (χ0) is 14.6. The van der Waals surface area contributed by atoms with Gasteiger partial charge in [0.15, 0.2) is 9.84 Å². The third-order valence-corrected chi connectivity index (χ3v) is 4.95. The monoisotopic (exact) mass is 300 g/mol. The van der Waals surface area contributed by atoms with Gasteiger partial charge in [-0.2, -0.15) is 0 Å². The highest BCUT2D eigenvalue weighted by Crippen LogP contribution is 2.11. The predicted molar refractivity (Wildman–Crippen MR) is 72.5 cm³/mol. The first-order valence-electron chi connectivity index (χ1n) is 6.48. The first-order valence-corrected chi connectivity index (χ1v) is 8.14. The number of nitrogens with one attached hydrogen (secondary N) is 2. The van der Waals surface area contributed by atoms with Crippen molar-refractivity contribution in [2.75, 3.05) is 18.8 Å². The van der Waals surface area contributed by atoms with Crippen LogP contribution in [0.2, 0.25) is 0 Å². The van der Waals surface area contributed by atoms with Crippen LogP contribution in [0.3, 0.4) is 0 Å². The lowest BCUT2D eigenvalue weighted by molar-refractivity contribution is -0.124. The Labute approximate surface area is 117 Å². The molecule has 110 valence electrons. The molecule has 1 atom stereocenters. The van der Waals surface area contributed by atoms with Crippen LogP contribution in [-0.2, 0) is 14.6 Å². The second-order valence-electron chi connectivity index (χ2n) is 4.71. The summed E-state index contributed by atoms with van der Waals surface area (Å²) in [6.07, 6.45) is 1.59. The molecule has 1 aliphatic rings. The average Bonchev–Trinajstić information content (AvgIpc) is 2.41. The maximum Gasteiger partial charge on any atom is 0.237 e. The van der Waals surface area contributed by atoms with Crippen LogP contribution in [0.25, 0.3) is 0 Å². The molecule has 20 heavy (non-hydrogen) atoms. The van der Waals surface area contributed by atoms with Crippen molar-refractivity contribution in [3.05, 3.63) is 30.1 Å². The Hall–Kier alpha value is -1.47. The van der Waals surface area contributed by atoms with Gasteiger partial charge in [0.05, 0.1) is 16.7 Å². The third-order valence-electron chi connectivity index (χ3n) is 3.22. The molecular formula is C13H17FN2O3S. The minimum Gasteiger partial charge on any atom is -0.355 e. The van der Waals surface area contributed by atoms with Gasteiger partial charge in [-0.15, -0.1) is 0 Å². The molecule has 0 aliphatic carbocycles. The summed E-state index contributed by atoms with van der Waals surface area (Å²) in [4.78, 5) is 11.6. The molecule has 0 unspecified atom stereocenters. The fourth-order valence-electron chi connectivity index (χ4n) is 2.09. The lowest BCUT2D eigenvalue weighted by atomic mass is 10.1. The maximum atomic E-state index is 12.8. The van der Waals surface area contributed by atoms with Crippen LogP contribution >= 0.6 is 0 Å². The van der Waals surface area contributed by atoms with Gasteiger partial charge in [0.25, 0.3) is 0 Å². The highest BCUT2D eigenvalue weighted by molar-refractivity contribution is 7.91. The van der Waals surface area contributed by atoms with Gasteiger partial charge in [-0.25, -0.2) is 12.8 Å². The molecule has 5 nitrogen and oxygen atoms in total. The number of hydrogen-bond donors (Lipinski definition) is 2. The lowest BCUT2D eigenvalue weighted by Crippen LogP contribution is -2.49. The van der Waals surface area contributed by atoms with E-state index in [1.165, 1.54) is 12.1 Å². The SMILES string of the molecule is O=C1NCCC[C@@H]1NCCS(=O)(=O)c1ccc(F)cc1. The Balaban J connectivity index is 1.89. The number of halogens is 1. The van der Waals surface area contributed by atoms with Gasteiger partial charge in [0.1, 0.15) is 5.82 Å². The molecule has 1 aromatic rings. The molecule has 1 aliphatic heterocycles. The summed E-state index contributed by atoms with van der Waals surface area (Å²) in [7, 11) is -3.46. The molecular weight excluding hydrogens is 283 g/mol. The Morgan fingerprint density at radius 3 is 2.65 bits per heavy atom. The largest absolute Gasteiger partial charge is 0.355 e. The summed E-state index contributed by atoms with van der Waals surface area (Å²) in [6.45, 7) is 0.864. The van der Waals surface area contributed by atoms with Crippen molar-refractivity contribution in [1.82, 2.24) is 10.6 Å². The van der Waals surface area contributed by atoms with Crippen LogP contribution in [0.1, 0.15) is 12.8 Å². The minimum absolute atomic E-state index is 0.0876. The summed E-state index contributed by atoms with van der Waals surface area (Å²) in [6, 6.07) is 4.41. The Morgan fingerprint density at radius 1 is 1.30 bits per heavy atom. The van der Waals surface area contributed by atoms with Gasteiger partial charge in [-0.1, -0.05) is 0 Å². The van der Waals surface area contributed by atoms with Crippen LogP contribution in [0.15, 0.2) is 29.2 Å². The zero-order valence-electron chi connectivity index (χ0n) is 10.9. The minimum atomic E-state index is -3.46. The van der Waals surface area contributed by atoms with Gasteiger partial charge in [0, 0.05) is 13.1 Å². The van der Waals surface area contributed by atoms with E-state index in [9.17, 15) is 17.6 Å². The van der Waals surface area contributed by atoms with E-state index in [0.29, 0.717) is 13.0 Å². The quantitative estimate of drug-likeness (QED) is 0.775. The third kappa shape index (κ3) is 3.77. The standard InChI is InChI=1S/C13H17FN2O3S/c14-10-3-5-11(6-4-10)20(18,19)9-8-15-12-2-1-7-16-13(12)17/h3-6,12,15H,1-2,7-9H2,(H,16,17)/t12-/m0/s1. The van der Waals surface area contributed by atoms with Gasteiger partial charge in [-0.3, -0.25) is 4.79 Å². The van der Waals surface area contributed by atoms with Crippen molar-refractivity contribution in [2.45, 2.75) is 23.8 Å². The van der Waals surface area contributed by atoms with E-state index in [1.807, 2.05) is 0 Å². The van der Waals surface area contributed by atoms with E-state index >= 15 is 0 Å². The molecule has 1 amide bonds. The molecule has 2 rings (SSSR count). The van der Waals surface area contributed by atoms with E-state index in [0.717, 1.165) is 18.6 Å². The van der Waals surface area contributed by atoms with E-state index in [1.54, 1.807) is 0 Å². The van der Waals surface area contributed by atoms with E-state index in [4.69, 9.17) is 0 Å². The fourth-order valence-corrected chi connectivity index (χ4v) is 3.27. The van der Waals surface area contributed by atoms with Crippen LogP contribution in [0, 0.1) is 5.82 Å². The molecule has 1 saturated heterocycles. The second kappa shape index (κ2) is 6.32. The number of rotatable bonds is 5. The number of carbonyl (C=O) groups is 1. The first kappa shape index (κ1) is 14.9. The van der Waals surface area contributed by atoms with E-state index in [2.05, 4.69) is 10.6 Å². The Morgan fingerprint density at radius 2 is 2.00 bits per heavy atom. The normalized spacial score (nSPS) is 19.6. The Bertz CT molecular complexity index is 572. The van der Waals surface area contributed by atoms with Crippen molar-refractivity contribution in [3.8, 4) is 0 Å². The number of amides is 1. The smallest absolute Gasteiger partial charge is 0.237 e. The highest BCUT2D eigenvalue weighted by atomic mass is 32.2. The molecule has 0 bridgehead atoms. The second-order valence-corrected chi connectivity index (χ2v) is 6.82. The molecule has 0 spiro atoms. The predicted octanol–water partition coefficient (Wildman–Crippen LogP) is 0.468. The van der Waals surface area contributed by atoms with E-state index in [-0.39, 0.29) is 29.1 Å². The van der Waals surface area contributed by atoms with Crippen molar-refractivity contribution >= 4 is 15.7 Å². The van der Waals surface area contributed by atoms with Gasteiger partial charge in [-0.05, 0) is 37.1 Å². The van der Waals surface area contributed by atoms with Crippen LogP contribution in [0.4, 0.5) is 4.39 Å². The Kier molecular flexibility index (Phi) is 4.72. The summed E-state index contributed by atoms with van der Waals surface area (Å²) in [5.41, 5.74) is 0.